The second-order valence-corrected chi connectivity index (χ2v) is 8.08. The van der Waals surface area contributed by atoms with E-state index in [4.69, 9.17) is 11.6 Å². The van der Waals surface area contributed by atoms with E-state index in [-0.39, 0.29) is 6.42 Å². The second-order valence-electron chi connectivity index (χ2n) is 7.64. The largest absolute Gasteiger partial charge is 0.481 e. The molecule has 1 atom stereocenters. The summed E-state index contributed by atoms with van der Waals surface area (Å²) in [6.07, 6.45) is -0.967. The first-order valence-corrected chi connectivity index (χ1v) is 10.6. The molecular formula is C28H21ClO3. The monoisotopic (exact) mass is 440 g/mol. The number of hydrogen-bond donors (Lipinski definition) is 2. The summed E-state index contributed by atoms with van der Waals surface area (Å²) in [7, 11) is 0. The topological polar surface area (TPSA) is 57.5 Å². The molecule has 4 aromatic rings. The van der Waals surface area contributed by atoms with Gasteiger partial charge in [0.05, 0.1) is 6.42 Å². The number of rotatable bonds is 4. The molecule has 158 valence electrons. The molecular weight excluding hydrogens is 420 g/mol. The third kappa shape index (κ3) is 4.68. The summed E-state index contributed by atoms with van der Waals surface area (Å²) < 4.78 is 0. The Morgan fingerprint density at radius 2 is 1.72 bits per heavy atom. The molecule has 0 aliphatic heterocycles. The van der Waals surface area contributed by atoms with Crippen LogP contribution in [-0.4, -0.2) is 16.2 Å². The average Bonchev–Trinajstić information content (AvgIpc) is 2.79. The Hall–Kier alpha value is -3.58. The first kappa shape index (κ1) is 21.6. The van der Waals surface area contributed by atoms with Crippen molar-refractivity contribution in [2.45, 2.75) is 19.4 Å². The second kappa shape index (κ2) is 9.28. The number of aliphatic carboxylic acids is 1. The lowest BCUT2D eigenvalue weighted by molar-refractivity contribution is -0.136. The highest BCUT2D eigenvalue weighted by Gasteiger charge is 2.16. The number of benzene rings is 4. The molecule has 0 spiro atoms. The first-order valence-electron chi connectivity index (χ1n) is 10.2. The van der Waals surface area contributed by atoms with Crippen molar-refractivity contribution in [1.82, 2.24) is 0 Å². The lowest BCUT2D eigenvalue weighted by atomic mass is 9.88. The highest BCUT2D eigenvalue weighted by Crippen LogP contribution is 2.36. The Kier molecular flexibility index (Phi) is 6.28. The van der Waals surface area contributed by atoms with Gasteiger partial charge in [0.1, 0.15) is 6.10 Å². The average molecular weight is 441 g/mol. The number of aryl methyl sites for hydroxylation is 1. The van der Waals surface area contributed by atoms with Crippen LogP contribution in [0.3, 0.4) is 0 Å². The molecule has 0 fully saturated rings. The maximum absolute atomic E-state index is 11.6. The van der Waals surface area contributed by atoms with Gasteiger partial charge in [-0.05, 0) is 69.8 Å². The van der Waals surface area contributed by atoms with Crippen LogP contribution in [0.15, 0.2) is 78.9 Å². The van der Waals surface area contributed by atoms with Crippen LogP contribution in [0, 0.1) is 18.8 Å². The zero-order valence-electron chi connectivity index (χ0n) is 17.5. The van der Waals surface area contributed by atoms with Crippen molar-refractivity contribution < 1.29 is 15.0 Å². The third-order valence-electron chi connectivity index (χ3n) is 5.40. The van der Waals surface area contributed by atoms with E-state index in [9.17, 15) is 15.0 Å². The molecule has 4 rings (SSSR count). The predicted molar refractivity (Wildman–Crippen MR) is 129 cm³/mol. The molecule has 0 saturated carbocycles. The summed E-state index contributed by atoms with van der Waals surface area (Å²) in [5.74, 6) is 5.07. The molecule has 0 saturated heterocycles. The summed E-state index contributed by atoms with van der Waals surface area (Å²) in [5, 5.41) is 22.4. The van der Waals surface area contributed by atoms with Crippen LogP contribution in [0.5, 0.6) is 0 Å². The molecule has 2 N–H and O–H groups in total. The van der Waals surface area contributed by atoms with Crippen LogP contribution in [0.25, 0.3) is 21.9 Å². The number of fused-ring (bicyclic) bond motifs is 1. The number of hydrogen-bond acceptors (Lipinski definition) is 2. The van der Waals surface area contributed by atoms with Crippen LogP contribution in [0.4, 0.5) is 0 Å². The Morgan fingerprint density at radius 3 is 2.41 bits per heavy atom. The van der Waals surface area contributed by atoms with Gasteiger partial charge < -0.3 is 10.2 Å². The zero-order chi connectivity index (χ0) is 22.7. The number of aliphatic hydroxyl groups excluding tert-OH is 1. The SMILES string of the molecule is Cc1cc2ccc(C#CC(O)c3ccccc3)cc2c(-c2ccc(Cl)cc2)c1CC(=O)O. The van der Waals surface area contributed by atoms with Gasteiger partial charge in [-0.3, -0.25) is 4.79 Å². The molecule has 4 aromatic carbocycles. The quantitative estimate of drug-likeness (QED) is 0.372. The van der Waals surface area contributed by atoms with Crippen molar-refractivity contribution in [3.05, 3.63) is 106 Å². The summed E-state index contributed by atoms with van der Waals surface area (Å²) >= 11 is 6.08. The van der Waals surface area contributed by atoms with Crippen molar-refractivity contribution in [3.8, 4) is 23.0 Å². The predicted octanol–water partition coefficient (Wildman–Crippen LogP) is 6.18. The molecule has 0 aliphatic carbocycles. The fraction of sp³-hybridized carbons (Fsp3) is 0.107. The minimum absolute atomic E-state index is 0.0810. The van der Waals surface area contributed by atoms with E-state index in [1.54, 1.807) is 12.1 Å². The molecule has 32 heavy (non-hydrogen) atoms. The van der Waals surface area contributed by atoms with Crippen LogP contribution in [-0.2, 0) is 11.2 Å². The lowest BCUT2D eigenvalue weighted by Gasteiger charge is -2.16. The maximum Gasteiger partial charge on any atom is 0.307 e. The standard InChI is InChI=1S/C28H21ClO3/c1-18-15-22-9-7-19(8-14-26(30)20-5-3-2-4-6-20)16-25(22)28(24(18)17-27(31)32)21-10-12-23(29)13-11-21/h2-7,9-13,15-16,26,30H,17H2,1H3,(H,31,32). The molecule has 0 aliphatic rings. The van der Waals surface area contributed by atoms with E-state index in [1.807, 2.05) is 73.7 Å². The zero-order valence-corrected chi connectivity index (χ0v) is 18.2. The highest BCUT2D eigenvalue weighted by atomic mass is 35.5. The van der Waals surface area contributed by atoms with Gasteiger partial charge in [0.2, 0.25) is 0 Å². The first-order chi connectivity index (χ1) is 15.4. The molecule has 0 bridgehead atoms. The Labute approximate surface area is 191 Å². The normalized spacial score (nSPS) is 11.6. The summed E-state index contributed by atoms with van der Waals surface area (Å²) in [4.78, 5) is 11.6. The maximum atomic E-state index is 11.6. The molecule has 0 radical (unpaired) electrons. The Bertz CT molecular complexity index is 1350. The van der Waals surface area contributed by atoms with Crippen molar-refractivity contribution in [2.75, 3.05) is 0 Å². The van der Waals surface area contributed by atoms with Gasteiger partial charge in [0, 0.05) is 10.6 Å². The van der Waals surface area contributed by atoms with Crippen LogP contribution < -0.4 is 0 Å². The van der Waals surface area contributed by atoms with E-state index in [0.717, 1.165) is 44.2 Å². The van der Waals surface area contributed by atoms with E-state index < -0.39 is 12.1 Å². The summed E-state index contributed by atoms with van der Waals surface area (Å²) in [5.41, 5.74) is 4.93. The number of aliphatic hydroxyl groups is 1. The number of carboxylic acid groups (broad SMARTS) is 1. The van der Waals surface area contributed by atoms with Gasteiger partial charge in [-0.25, -0.2) is 0 Å². The fourth-order valence-electron chi connectivity index (χ4n) is 3.85. The summed E-state index contributed by atoms with van der Waals surface area (Å²) in [6, 6.07) is 24.5. The lowest BCUT2D eigenvalue weighted by Crippen LogP contribution is -2.05. The molecule has 0 heterocycles. The highest BCUT2D eigenvalue weighted by molar-refractivity contribution is 6.30. The van der Waals surface area contributed by atoms with E-state index in [2.05, 4.69) is 11.8 Å². The molecule has 1 unspecified atom stereocenters. The van der Waals surface area contributed by atoms with Gasteiger partial charge in [-0.15, -0.1) is 0 Å². The smallest absolute Gasteiger partial charge is 0.307 e. The molecule has 4 heteroatoms. The Balaban J connectivity index is 1.87. The van der Waals surface area contributed by atoms with Crippen LogP contribution >= 0.6 is 11.6 Å². The van der Waals surface area contributed by atoms with Gasteiger partial charge >= 0.3 is 5.97 Å². The molecule has 3 nitrogen and oxygen atoms in total. The van der Waals surface area contributed by atoms with Crippen molar-refractivity contribution >= 4 is 28.3 Å². The van der Waals surface area contributed by atoms with Gasteiger partial charge in [0.25, 0.3) is 0 Å². The molecule has 0 amide bonds. The Morgan fingerprint density at radius 1 is 1.00 bits per heavy atom. The minimum atomic E-state index is -0.886. The van der Waals surface area contributed by atoms with Gasteiger partial charge in [-0.1, -0.05) is 78.0 Å². The third-order valence-corrected chi connectivity index (χ3v) is 5.65. The van der Waals surface area contributed by atoms with Gasteiger partial charge in [0.15, 0.2) is 0 Å². The van der Waals surface area contributed by atoms with Gasteiger partial charge in [-0.2, -0.15) is 0 Å². The summed E-state index contributed by atoms with van der Waals surface area (Å²) in [6.45, 7) is 1.93. The number of carbonyl (C=O) groups is 1. The minimum Gasteiger partial charge on any atom is -0.481 e. The van der Waals surface area contributed by atoms with Crippen molar-refractivity contribution in [3.63, 3.8) is 0 Å². The van der Waals surface area contributed by atoms with Crippen molar-refractivity contribution in [2.24, 2.45) is 0 Å². The van der Waals surface area contributed by atoms with E-state index >= 15 is 0 Å². The van der Waals surface area contributed by atoms with Crippen molar-refractivity contribution in [1.29, 1.82) is 0 Å². The van der Waals surface area contributed by atoms with Crippen LogP contribution in [0.2, 0.25) is 5.02 Å². The fourth-order valence-corrected chi connectivity index (χ4v) is 3.98. The van der Waals surface area contributed by atoms with E-state index in [0.29, 0.717) is 5.02 Å². The van der Waals surface area contributed by atoms with Crippen LogP contribution in [0.1, 0.15) is 28.4 Å². The number of carboxylic acids is 1. The number of halogens is 1. The molecule has 0 aromatic heterocycles. The van der Waals surface area contributed by atoms with E-state index in [1.165, 1.54) is 0 Å².